The van der Waals surface area contributed by atoms with Gasteiger partial charge in [-0.15, -0.1) is 0 Å². The molecule has 2 rings (SSSR count). The van der Waals surface area contributed by atoms with Crippen LogP contribution >= 0.6 is 0 Å². The molecule has 0 aromatic carbocycles. The number of likely N-dealkylation sites (tertiary alicyclic amines) is 1. The number of carbonyl (C=O) groups is 11. The lowest BCUT2D eigenvalue weighted by atomic mass is 10.1. The maximum atomic E-state index is 13.7. The van der Waals surface area contributed by atoms with Crippen LogP contribution in [0.3, 0.4) is 0 Å². The summed E-state index contributed by atoms with van der Waals surface area (Å²) in [5, 5.41) is 76.8. The maximum absolute atomic E-state index is 13.7. The fourth-order valence-electron chi connectivity index (χ4n) is 6.64. The second kappa shape index (κ2) is 29.1. The number of amides is 9. The van der Waals surface area contributed by atoms with Crippen LogP contribution in [0.1, 0.15) is 58.1 Å². The number of aliphatic hydroxyl groups excluding tert-OH is 4. The Balaban J connectivity index is 2.02. The molecule has 0 aliphatic carbocycles. The fraction of sp³-hybridized carbons (Fsp3) is 0.641. The first-order valence-electron chi connectivity index (χ1n) is 21.7. The quantitative estimate of drug-likeness (QED) is 0.0318. The van der Waals surface area contributed by atoms with E-state index in [4.69, 9.17) is 16.6 Å². The van der Waals surface area contributed by atoms with Crippen LogP contribution in [0, 0.1) is 0 Å². The first-order valence-corrected chi connectivity index (χ1v) is 21.7. The van der Waals surface area contributed by atoms with Crippen molar-refractivity contribution in [2.45, 2.75) is 119 Å². The average molecular weight is 986 g/mol. The molecule has 0 bridgehead atoms. The molecule has 30 heteroatoms. The molecular weight excluding hydrogens is 923 g/mol. The Labute approximate surface area is 393 Å². The highest BCUT2D eigenvalue weighted by atomic mass is 16.4. The van der Waals surface area contributed by atoms with Crippen molar-refractivity contribution in [3.05, 3.63) is 18.2 Å². The summed E-state index contributed by atoms with van der Waals surface area (Å²) in [5.41, 5.74) is 11.4. The molecular formula is C39H63N13O17. The predicted octanol–water partition coefficient (Wildman–Crippen LogP) is -9.15. The van der Waals surface area contributed by atoms with Gasteiger partial charge < -0.3 is 94.5 Å². The van der Waals surface area contributed by atoms with Crippen LogP contribution in [0.25, 0.3) is 0 Å². The molecule has 1 fully saturated rings. The maximum Gasteiger partial charge on any atom is 0.326 e. The van der Waals surface area contributed by atoms with E-state index in [0.29, 0.717) is 25.0 Å². The molecule has 10 atom stereocenters. The van der Waals surface area contributed by atoms with Gasteiger partial charge in [-0.3, -0.25) is 47.9 Å². The third-order valence-corrected chi connectivity index (χ3v) is 10.4. The first kappa shape index (κ1) is 58.3. The van der Waals surface area contributed by atoms with E-state index in [-0.39, 0.29) is 32.4 Å². The number of aliphatic carboxylic acids is 2. The normalized spacial score (nSPS) is 17.2. The summed E-state index contributed by atoms with van der Waals surface area (Å²) in [6.07, 6.45) is -0.276. The summed E-state index contributed by atoms with van der Waals surface area (Å²) in [6, 6.07) is -12.6. The van der Waals surface area contributed by atoms with Crippen molar-refractivity contribution in [3.63, 3.8) is 0 Å². The summed E-state index contributed by atoms with van der Waals surface area (Å²) >= 11 is 0. The number of rotatable bonds is 30. The smallest absolute Gasteiger partial charge is 0.326 e. The van der Waals surface area contributed by atoms with E-state index in [1.54, 1.807) is 0 Å². The van der Waals surface area contributed by atoms with E-state index in [1.807, 2.05) is 0 Å². The lowest BCUT2D eigenvalue weighted by molar-refractivity contribution is -0.146. The molecule has 1 aromatic heterocycles. The molecule has 1 saturated heterocycles. The lowest BCUT2D eigenvalue weighted by Gasteiger charge is -2.31. The molecule has 1 aromatic rings. The molecule has 386 valence electrons. The Morgan fingerprint density at radius 1 is 0.739 bits per heavy atom. The van der Waals surface area contributed by atoms with Crippen LogP contribution in [0.2, 0.25) is 0 Å². The van der Waals surface area contributed by atoms with E-state index in [9.17, 15) is 78.3 Å². The number of nitrogens with one attached hydrogen (secondary N) is 9. The average Bonchev–Trinajstić information content (AvgIpc) is 4.01. The highest BCUT2D eigenvalue weighted by molar-refractivity contribution is 5.98. The number of unbranched alkanes of at least 4 members (excludes halogenated alkanes) is 1. The minimum atomic E-state index is -1.85. The van der Waals surface area contributed by atoms with Crippen molar-refractivity contribution in [2.75, 3.05) is 39.4 Å². The van der Waals surface area contributed by atoms with Gasteiger partial charge >= 0.3 is 11.9 Å². The zero-order valence-corrected chi connectivity index (χ0v) is 37.8. The number of hydrogen-bond donors (Lipinski definition) is 17. The summed E-state index contributed by atoms with van der Waals surface area (Å²) < 4.78 is 0. The molecule has 0 unspecified atom stereocenters. The van der Waals surface area contributed by atoms with Gasteiger partial charge in [-0.25, -0.2) is 9.78 Å². The number of aromatic amines is 1. The highest BCUT2D eigenvalue weighted by Gasteiger charge is 2.41. The van der Waals surface area contributed by atoms with E-state index in [1.165, 1.54) is 12.5 Å². The molecule has 0 spiro atoms. The van der Waals surface area contributed by atoms with Crippen LogP contribution in [-0.2, 0) is 59.2 Å². The second-order valence-electron chi connectivity index (χ2n) is 15.9. The van der Waals surface area contributed by atoms with Crippen LogP contribution in [-0.4, -0.2) is 211 Å². The first-order chi connectivity index (χ1) is 32.5. The topological polar surface area (TPSA) is 489 Å². The van der Waals surface area contributed by atoms with Crippen LogP contribution in [0.4, 0.5) is 0 Å². The molecule has 19 N–H and O–H groups in total. The zero-order valence-electron chi connectivity index (χ0n) is 37.8. The molecule has 0 radical (unpaired) electrons. The Morgan fingerprint density at radius 3 is 1.83 bits per heavy atom. The number of carboxylic acids is 2. The second-order valence-corrected chi connectivity index (χ2v) is 15.9. The molecule has 9 amide bonds. The molecule has 69 heavy (non-hydrogen) atoms. The molecule has 1 aliphatic rings. The SMILES string of the molecule is C[C@@H](O)[C@H](NC(=O)[C@H](CCCCN)NC(=O)CNC(=O)[C@@H](N)CC(=O)O)C(=O)NCC(=O)N[C@@H](CO)C(=O)N[C@@H](CO)C(=O)N[C@H](C(=O)N1CCC[C@H]1C(=O)N[C@@H](Cc1cnc[nH]1)C(=O)O)[C@@H](C)O. The van der Waals surface area contributed by atoms with Crippen molar-refractivity contribution >= 4 is 65.1 Å². The number of carboxylic acid groups (broad SMARTS) is 2. The number of H-pyrrole nitrogens is 1. The van der Waals surface area contributed by atoms with Crippen molar-refractivity contribution in [3.8, 4) is 0 Å². The van der Waals surface area contributed by atoms with Gasteiger partial charge in [0.15, 0.2) is 0 Å². The van der Waals surface area contributed by atoms with E-state index >= 15 is 0 Å². The van der Waals surface area contributed by atoms with Crippen molar-refractivity contribution < 1.29 is 83.4 Å². The summed E-state index contributed by atoms with van der Waals surface area (Å²) in [4.78, 5) is 147. The van der Waals surface area contributed by atoms with Gasteiger partial charge in [0, 0.05) is 24.9 Å². The van der Waals surface area contributed by atoms with Crippen molar-refractivity contribution in [2.24, 2.45) is 11.5 Å². The van der Waals surface area contributed by atoms with Crippen LogP contribution in [0.15, 0.2) is 12.5 Å². The Bertz CT molecular complexity index is 1950. The minimum absolute atomic E-state index is 0.0166. The van der Waals surface area contributed by atoms with Gasteiger partial charge in [0.25, 0.3) is 0 Å². The largest absolute Gasteiger partial charge is 0.481 e. The van der Waals surface area contributed by atoms with Crippen molar-refractivity contribution in [1.29, 1.82) is 0 Å². The number of imidazole rings is 1. The van der Waals surface area contributed by atoms with Gasteiger partial charge in [0.1, 0.15) is 42.3 Å². The number of aliphatic hydroxyl groups is 4. The third-order valence-electron chi connectivity index (χ3n) is 10.4. The zero-order chi connectivity index (χ0) is 52.0. The number of nitrogens with two attached hydrogens (primary N) is 2. The standard InChI is InChI=1S/C39H63N13O17/c1-18(55)30(50-33(62)22(6-3-4-8-40)46-27(57)13-43-32(61)21(41)11-29(59)60)37(66)44-14-28(58)47-24(15-53)34(63)49-25(16-54)35(64)51-31(19(2)56)38(67)52-9-5-7-26(52)36(65)48-23(39(68)69)10-20-12-42-17-45-20/h12,17-19,21-26,30-31,53-56H,3-11,13-16,40-41H2,1-2H3,(H,42,45)(H,43,61)(H,44,66)(H,46,57)(H,47,58)(H,48,65)(H,49,63)(H,50,62)(H,51,64)(H,59,60)(H,68,69)/t18-,19-,21+,22+,23+,24+,25+,26+,30+,31+/m1/s1. The Kier molecular flexibility index (Phi) is 24.6. The summed E-state index contributed by atoms with van der Waals surface area (Å²) in [6.45, 7) is -1.35. The number of hydrogen-bond acceptors (Lipinski definition) is 18. The number of carbonyl (C=O) groups excluding carboxylic acids is 9. The molecule has 30 nitrogen and oxygen atoms in total. The fourth-order valence-corrected chi connectivity index (χ4v) is 6.64. The predicted molar refractivity (Wildman–Crippen MR) is 233 cm³/mol. The van der Waals surface area contributed by atoms with Gasteiger partial charge in [0.2, 0.25) is 53.2 Å². The van der Waals surface area contributed by atoms with Gasteiger partial charge in [0.05, 0.1) is 57.3 Å². The van der Waals surface area contributed by atoms with E-state index in [0.717, 1.165) is 18.7 Å². The van der Waals surface area contributed by atoms with Crippen LogP contribution < -0.4 is 54.0 Å². The lowest BCUT2D eigenvalue weighted by Crippen LogP contribution is -2.62. The van der Waals surface area contributed by atoms with Crippen molar-refractivity contribution in [1.82, 2.24) is 57.4 Å². The van der Waals surface area contributed by atoms with Gasteiger partial charge in [-0.2, -0.15) is 0 Å². The van der Waals surface area contributed by atoms with Gasteiger partial charge in [-0.05, 0) is 52.5 Å². The monoisotopic (exact) mass is 985 g/mol. The summed E-state index contributed by atoms with van der Waals surface area (Å²) in [7, 11) is 0. The number of aromatic nitrogens is 2. The molecule has 1 aliphatic heterocycles. The van der Waals surface area contributed by atoms with Crippen LogP contribution in [0.5, 0.6) is 0 Å². The Morgan fingerprint density at radius 2 is 1.29 bits per heavy atom. The molecule has 0 saturated carbocycles. The Hall–Kier alpha value is -6.86. The van der Waals surface area contributed by atoms with E-state index in [2.05, 4.69) is 52.5 Å². The third kappa shape index (κ3) is 19.3. The summed E-state index contributed by atoms with van der Waals surface area (Å²) in [5.74, 6) is -12.0. The number of nitrogens with zero attached hydrogens (tertiary/aromatic N) is 2. The van der Waals surface area contributed by atoms with Gasteiger partial charge in [-0.1, -0.05) is 0 Å². The molecule has 2 heterocycles. The minimum Gasteiger partial charge on any atom is -0.481 e. The highest BCUT2D eigenvalue weighted by Crippen LogP contribution is 2.20. The van der Waals surface area contributed by atoms with E-state index < -0.39 is 158 Å².